The number of carbonyl (C=O) groups is 2. The molecule has 0 N–H and O–H groups in total. The Balaban J connectivity index is 2.56. The van der Waals surface area contributed by atoms with Crippen LogP contribution in [0.25, 0.3) is 16.7 Å². The highest BCUT2D eigenvalue weighted by molar-refractivity contribution is 6.16. The maximum absolute atomic E-state index is 12.0. The van der Waals surface area contributed by atoms with E-state index >= 15 is 0 Å². The van der Waals surface area contributed by atoms with Crippen LogP contribution < -0.4 is 0 Å². The average molecular weight is 324 g/mol. The summed E-state index contributed by atoms with van der Waals surface area (Å²) < 4.78 is 9.86. The van der Waals surface area contributed by atoms with Gasteiger partial charge in [0.2, 0.25) is 0 Å². The van der Waals surface area contributed by atoms with E-state index in [1.165, 1.54) is 27.4 Å². The van der Waals surface area contributed by atoms with Crippen LogP contribution in [0.4, 0.5) is 0 Å². The van der Waals surface area contributed by atoms with E-state index in [4.69, 9.17) is 9.47 Å². The van der Waals surface area contributed by atoms with Crippen LogP contribution in [0.1, 0.15) is 28.4 Å². The van der Waals surface area contributed by atoms with Crippen molar-refractivity contribution in [3.8, 4) is 11.1 Å². The summed E-state index contributed by atoms with van der Waals surface area (Å²) in [5.74, 6) is -0.451. The predicted octanol–water partition coefficient (Wildman–Crippen LogP) is 4.02. The Kier molecular flexibility index (Phi) is 5.53. The Labute approximate surface area is 141 Å². The van der Waals surface area contributed by atoms with E-state index in [0.29, 0.717) is 11.1 Å². The topological polar surface area (TPSA) is 52.6 Å². The van der Waals surface area contributed by atoms with Crippen LogP contribution in [0, 0.1) is 6.92 Å². The van der Waals surface area contributed by atoms with Gasteiger partial charge in [-0.15, -0.1) is 0 Å². The first-order valence-corrected chi connectivity index (χ1v) is 7.51. The Morgan fingerprint density at radius 1 is 1.00 bits per heavy atom. The van der Waals surface area contributed by atoms with Crippen molar-refractivity contribution in [3.63, 3.8) is 0 Å². The Morgan fingerprint density at radius 2 is 1.71 bits per heavy atom. The summed E-state index contributed by atoms with van der Waals surface area (Å²) >= 11 is 0. The lowest BCUT2D eigenvalue weighted by Crippen LogP contribution is -2.06. The fourth-order valence-electron chi connectivity index (χ4n) is 2.46. The zero-order valence-electron chi connectivity index (χ0n) is 14.3. The number of Topliss-reactive ketones (excluding diaryl/α,β-unsaturated/α-hetero) is 1. The number of ketones is 1. The van der Waals surface area contributed by atoms with E-state index < -0.39 is 5.97 Å². The van der Waals surface area contributed by atoms with Gasteiger partial charge in [-0.25, -0.2) is 4.79 Å². The molecule has 124 valence electrons. The summed E-state index contributed by atoms with van der Waals surface area (Å²) in [4.78, 5) is 23.6. The molecule has 0 aliphatic rings. The second-order valence-corrected chi connectivity index (χ2v) is 5.43. The lowest BCUT2D eigenvalue weighted by molar-refractivity contribution is -0.133. The van der Waals surface area contributed by atoms with Gasteiger partial charge in [0, 0.05) is 5.56 Å². The second kappa shape index (κ2) is 7.59. The highest BCUT2D eigenvalue weighted by Crippen LogP contribution is 2.28. The number of esters is 1. The Hall–Kier alpha value is -2.88. The summed E-state index contributed by atoms with van der Waals surface area (Å²) in [6.45, 7) is 3.45. The minimum atomic E-state index is -0.463. The quantitative estimate of drug-likeness (QED) is 0.361. The lowest BCUT2D eigenvalue weighted by atomic mass is 9.94. The van der Waals surface area contributed by atoms with E-state index in [-0.39, 0.29) is 5.78 Å². The minimum absolute atomic E-state index is 0.0127. The normalized spacial score (nSPS) is 11.1. The summed E-state index contributed by atoms with van der Waals surface area (Å²) in [7, 11) is 2.82. The highest BCUT2D eigenvalue weighted by Gasteiger charge is 2.16. The van der Waals surface area contributed by atoms with Crippen molar-refractivity contribution in [2.24, 2.45) is 0 Å². The summed E-state index contributed by atoms with van der Waals surface area (Å²) in [6, 6.07) is 13.2. The van der Waals surface area contributed by atoms with Crippen LogP contribution >= 0.6 is 0 Å². The van der Waals surface area contributed by atoms with E-state index in [1.807, 2.05) is 43.3 Å². The van der Waals surface area contributed by atoms with Crippen molar-refractivity contribution in [2.75, 3.05) is 14.2 Å². The number of hydrogen-bond acceptors (Lipinski definition) is 4. The maximum atomic E-state index is 12.0. The molecule has 0 saturated carbocycles. The molecule has 2 aromatic rings. The van der Waals surface area contributed by atoms with Gasteiger partial charge in [-0.05, 0) is 48.2 Å². The third kappa shape index (κ3) is 3.71. The fourth-order valence-corrected chi connectivity index (χ4v) is 2.46. The number of benzene rings is 2. The van der Waals surface area contributed by atoms with Gasteiger partial charge in [0.05, 0.1) is 20.5 Å². The van der Waals surface area contributed by atoms with Crippen LogP contribution in [0.2, 0.25) is 0 Å². The molecule has 2 rings (SSSR count). The molecular weight excluding hydrogens is 304 g/mol. The smallest absolute Gasteiger partial charge is 0.341 e. The summed E-state index contributed by atoms with van der Waals surface area (Å²) in [5, 5.41) is 0. The largest absolute Gasteiger partial charge is 0.503 e. The van der Waals surface area contributed by atoms with Gasteiger partial charge in [0.15, 0.2) is 5.78 Å². The molecule has 0 atom stereocenters. The van der Waals surface area contributed by atoms with E-state index in [2.05, 4.69) is 0 Å². The first-order chi connectivity index (χ1) is 11.5. The molecule has 0 aliphatic heterocycles. The minimum Gasteiger partial charge on any atom is -0.503 e. The van der Waals surface area contributed by atoms with Crippen LogP contribution in [-0.2, 0) is 14.3 Å². The first-order valence-electron chi connectivity index (χ1n) is 7.51. The van der Waals surface area contributed by atoms with Crippen molar-refractivity contribution in [1.29, 1.82) is 0 Å². The van der Waals surface area contributed by atoms with E-state index in [1.54, 1.807) is 6.07 Å². The van der Waals surface area contributed by atoms with Gasteiger partial charge < -0.3 is 9.47 Å². The molecule has 0 fully saturated rings. The molecule has 4 heteroatoms. The number of carbonyl (C=O) groups excluding carboxylic acids is 2. The molecule has 0 bridgehead atoms. The molecule has 0 amide bonds. The summed E-state index contributed by atoms with van der Waals surface area (Å²) in [5.41, 5.74) is 4.47. The molecular formula is C20H20O4. The standard InChI is InChI=1S/C20H20O4/c1-13-8-9-17(16-7-5-6-15(10-16)14(2)21)11-18(13)19(12-23-3)20(22)24-4/h5-12H,1-4H3/b19-12+. The number of methoxy groups -OCH3 is 2. The molecule has 0 saturated heterocycles. The van der Waals surface area contributed by atoms with Gasteiger partial charge in [0.1, 0.15) is 5.57 Å². The molecule has 4 nitrogen and oxygen atoms in total. The van der Waals surface area contributed by atoms with Crippen LogP contribution in [0.5, 0.6) is 0 Å². The Morgan fingerprint density at radius 3 is 2.33 bits per heavy atom. The molecule has 0 spiro atoms. The van der Waals surface area contributed by atoms with Crippen LogP contribution in [0.15, 0.2) is 48.7 Å². The molecule has 0 heterocycles. The SMILES string of the molecule is CO/C=C(/C(=O)OC)c1cc(-c2cccc(C(C)=O)c2)ccc1C. The van der Waals surface area contributed by atoms with E-state index in [9.17, 15) is 9.59 Å². The third-order valence-corrected chi connectivity index (χ3v) is 3.77. The fraction of sp³-hybridized carbons (Fsp3) is 0.200. The van der Waals surface area contributed by atoms with Gasteiger partial charge in [0.25, 0.3) is 0 Å². The molecule has 0 unspecified atom stereocenters. The van der Waals surface area contributed by atoms with Crippen molar-refractivity contribution in [3.05, 3.63) is 65.4 Å². The van der Waals surface area contributed by atoms with Gasteiger partial charge in [-0.3, -0.25) is 4.79 Å². The maximum Gasteiger partial charge on any atom is 0.341 e. The van der Waals surface area contributed by atoms with Crippen LogP contribution in [-0.4, -0.2) is 26.0 Å². The first kappa shape index (κ1) is 17.5. The Bertz CT molecular complexity index is 803. The summed E-state index contributed by atoms with van der Waals surface area (Å²) in [6.07, 6.45) is 1.38. The van der Waals surface area contributed by atoms with Crippen LogP contribution in [0.3, 0.4) is 0 Å². The van der Waals surface area contributed by atoms with E-state index in [0.717, 1.165) is 22.3 Å². The molecule has 0 aliphatic carbocycles. The van der Waals surface area contributed by atoms with Crippen molar-refractivity contribution in [1.82, 2.24) is 0 Å². The van der Waals surface area contributed by atoms with Crippen molar-refractivity contribution < 1.29 is 19.1 Å². The predicted molar refractivity (Wildman–Crippen MR) is 93.6 cm³/mol. The zero-order chi connectivity index (χ0) is 17.7. The molecule has 2 aromatic carbocycles. The third-order valence-electron chi connectivity index (χ3n) is 3.77. The average Bonchev–Trinajstić information content (AvgIpc) is 2.60. The monoisotopic (exact) mass is 324 g/mol. The molecule has 0 aromatic heterocycles. The number of ether oxygens (including phenoxy) is 2. The second-order valence-electron chi connectivity index (χ2n) is 5.43. The van der Waals surface area contributed by atoms with Crippen molar-refractivity contribution in [2.45, 2.75) is 13.8 Å². The molecule has 0 radical (unpaired) electrons. The number of rotatable bonds is 5. The van der Waals surface area contributed by atoms with Gasteiger partial charge in [-0.2, -0.15) is 0 Å². The highest BCUT2D eigenvalue weighted by atomic mass is 16.5. The number of hydrogen-bond donors (Lipinski definition) is 0. The molecule has 24 heavy (non-hydrogen) atoms. The zero-order valence-corrected chi connectivity index (χ0v) is 14.3. The number of aryl methyl sites for hydroxylation is 1. The van der Waals surface area contributed by atoms with Gasteiger partial charge >= 0.3 is 5.97 Å². The van der Waals surface area contributed by atoms with Crippen molar-refractivity contribution >= 4 is 17.3 Å². The lowest BCUT2D eigenvalue weighted by Gasteiger charge is -2.12. The van der Waals surface area contributed by atoms with Gasteiger partial charge in [-0.1, -0.05) is 30.3 Å².